The van der Waals surface area contributed by atoms with E-state index in [0.717, 1.165) is 6.20 Å². The molecule has 1 aromatic heterocycles. The summed E-state index contributed by atoms with van der Waals surface area (Å²) in [6.07, 6.45) is -4.18. The van der Waals surface area contributed by atoms with Gasteiger partial charge < -0.3 is 10.4 Å². The van der Waals surface area contributed by atoms with Crippen molar-refractivity contribution in [2.45, 2.75) is 75.8 Å². The predicted octanol–water partition coefficient (Wildman–Crippen LogP) is 6.29. The molecule has 38 heavy (non-hydrogen) atoms. The molecule has 0 aliphatic heterocycles. The van der Waals surface area contributed by atoms with Gasteiger partial charge in [-0.15, -0.1) is 0 Å². The van der Waals surface area contributed by atoms with Crippen LogP contribution in [0.25, 0.3) is 0 Å². The number of benzene rings is 1. The smallest absolute Gasteiger partial charge is 0.433 e. The first-order chi connectivity index (χ1) is 17.7. The van der Waals surface area contributed by atoms with Crippen molar-refractivity contribution >= 4 is 40.9 Å². The summed E-state index contributed by atoms with van der Waals surface area (Å²) in [4.78, 5) is 37.5. The maximum absolute atomic E-state index is 15.2. The Morgan fingerprint density at radius 2 is 1.74 bits per heavy atom. The van der Waals surface area contributed by atoms with Gasteiger partial charge in [-0.3, -0.25) is 19.1 Å². The second-order valence-electron chi connectivity index (χ2n) is 10.2. The summed E-state index contributed by atoms with van der Waals surface area (Å²) in [5, 5.41) is 15.6. The van der Waals surface area contributed by atoms with Gasteiger partial charge in [0.25, 0.3) is 5.91 Å². The van der Waals surface area contributed by atoms with Crippen molar-refractivity contribution in [1.29, 1.82) is 0 Å². The van der Waals surface area contributed by atoms with Gasteiger partial charge in [0.2, 0.25) is 0 Å². The Labute approximate surface area is 225 Å². The van der Waals surface area contributed by atoms with Crippen molar-refractivity contribution in [3.63, 3.8) is 0 Å². The van der Waals surface area contributed by atoms with Gasteiger partial charge in [0, 0.05) is 6.42 Å². The second-order valence-corrected chi connectivity index (χ2v) is 11.0. The van der Waals surface area contributed by atoms with Crippen molar-refractivity contribution in [1.82, 2.24) is 15.1 Å². The summed E-state index contributed by atoms with van der Waals surface area (Å²) in [7, 11) is 0. The number of carboxylic acids is 1. The average molecular weight is 578 g/mol. The number of carbonyl (C=O) groups excluding carboxylic acids is 2. The highest BCUT2D eigenvalue weighted by Gasteiger charge is 2.52. The van der Waals surface area contributed by atoms with Gasteiger partial charge in [0.15, 0.2) is 11.5 Å². The van der Waals surface area contributed by atoms with E-state index in [-0.39, 0.29) is 54.1 Å². The fourth-order valence-electron chi connectivity index (χ4n) is 4.90. The fourth-order valence-corrected chi connectivity index (χ4v) is 5.51. The Hall–Kier alpha value is -2.66. The first-order valence-corrected chi connectivity index (χ1v) is 12.8. The number of nitrogens with one attached hydrogen (secondary N) is 1. The van der Waals surface area contributed by atoms with Crippen LogP contribution >= 0.6 is 23.2 Å². The lowest BCUT2D eigenvalue weighted by molar-refractivity contribution is -0.152. The van der Waals surface area contributed by atoms with E-state index in [1.165, 1.54) is 18.2 Å². The number of aromatic nitrogens is 2. The minimum atomic E-state index is -4.97. The number of rotatable bonds is 8. The lowest BCUT2D eigenvalue weighted by atomic mass is 9.74. The third kappa shape index (κ3) is 5.54. The minimum Gasteiger partial charge on any atom is -0.481 e. The number of halogens is 6. The highest BCUT2D eigenvalue weighted by atomic mass is 35.5. The van der Waals surface area contributed by atoms with Crippen molar-refractivity contribution in [3.8, 4) is 0 Å². The number of Topliss-reactive ketones (excluding diaryl/α,β-unsaturated/α-hetero) is 1. The zero-order chi connectivity index (χ0) is 28.0. The van der Waals surface area contributed by atoms with Gasteiger partial charge in [-0.05, 0) is 57.6 Å². The molecule has 2 aromatic rings. The molecular weight excluding hydrogens is 553 g/mol. The lowest BCUT2D eigenvalue weighted by Gasteiger charge is -2.34. The topological polar surface area (TPSA) is 101 Å². The van der Waals surface area contributed by atoms with Crippen LogP contribution in [0.4, 0.5) is 17.6 Å². The normalized spacial score (nSPS) is 23.5. The molecule has 0 saturated heterocycles. The quantitative estimate of drug-likeness (QED) is 0.283. The van der Waals surface area contributed by atoms with Gasteiger partial charge in [-0.25, -0.2) is 4.39 Å². The molecule has 2 N–H and O–H groups in total. The van der Waals surface area contributed by atoms with Crippen LogP contribution < -0.4 is 5.32 Å². The van der Waals surface area contributed by atoms with Crippen LogP contribution in [0.3, 0.4) is 0 Å². The monoisotopic (exact) mass is 577 g/mol. The largest absolute Gasteiger partial charge is 0.481 e. The molecule has 1 aromatic carbocycles. The SMILES string of the molecule is CC1(C(=O)O)CCC(n2ncc(C(=O)NC(CC(=O)c3c(Cl)cccc3Cl)C3(F)CC3)c2C(F)(F)F)CC1. The number of hydrogen-bond donors (Lipinski definition) is 2. The van der Waals surface area contributed by atoms with E-state index < -0.39 is 64.7 Å². The van der Waals surface area contributed by atoms with Crippen molar-refractivity contribution in [2.24, 2.45) is 5.41 Å². The molecule has 7 nitrogen and oxygen atoms in total. The van der Waals surface area contributed by atoms with Gasteiger partial charge in [0.05, 0.1) is 44.9 Å². The summed E-state index contributed by atoms with van der Waals surface area (Å²) >= 11 is 12.1. The standard InChI is InChI=1S/C25H25Cl2F4N3O4/c1-23(22(37)38)7-5-13(6-8-23)34-20(25(29,30)31)14(12-32-34)21(36)33-18(24(28)9-10-24)11-17(35)19-15(26)3-2-4-16(19)27/h2-4,12-13,18H,5-11H2,1H3,(H,33,36)(H,37,38). The Morgan fingerprint density at radius 3 is 2.24 bits per heavy atom. The van der Waals surface area contributed by atoms with Crippen LogP contribution in [-0.4, -0.2) is 44.3 Å². The second kappa shape index (κ2) is 10.1. The van der Waals surface area contributed by atoms with Crippen molar-refractivity contribution < 1.29 is 37.1 Å². The third-order valence-electron chi connectivity index (χ3n) is 7.52. The molecule has 1 unspecified atom stereocenters. The van der Waals surface area contributed by atoms with E-state index in [2.05, 4.69) is 10.4 Å². The highest BCUT2D eigenvalue weighted by Crippen LogP contribution is 2.46. The zero-order valence-electron chi connectivity index (χ0n) is 20.2. The number of hydrogen-bond acceptors (Lipinski definition) is 4. The van der Waals surface area contributed by atoms with Gasteiger partial charge >= 0.3 is 12.1 Å². The molecule has 0 spiro atoms. The molecule has 1 atom stereocenters. The van der Waals surface area contributed by atoms with E-state index in [1.54, 1.807) is 6.92 Å². The van der Waals surface area contributed by atoms with Gasteiger partial charge in [-0.2, -0.15) is 18.3 Å². The molecule has 4 rings (SSSR count). The summed E-state index contributed by atoms with van der Waals surface area (Å²) in [6.45, 7) is 1.54. The number of alkyl halides is 4. The number of aliphatic carboxylic acids is 1. The van der Waals surface area contributed by atoms with Gasteiger partial charge in [-0.1, -0.05) is 29.3 Å². The van der Waals surface area contributed by atoms with Crippen LogP contribution in [0.5, 0.6) is 0 Å². The molecule has 2 saturated carbocycles. The Kier molecular flexibility index (Phi) is 7.57. The number of ketones is 1. The number of amides is 1. The fraction of sp³-hybridized carbons (Fsp3) is 0.520. The molecule has 0 radical (unpaired) electrons. The van der Waals surface area contributed by atoms with Crippen molar-refractivity contribution in [3.05, 3.63) is 51.3 Å². The molecule has 1 amide bonds. The van der Waals surface area contributed by atoms with E-state index in [4.69, 9.17) is 23.2 Å². The minimum absolute atomic E-state index is 0.0251. The molecule has 2 fully saturated rings. The van der Waals surface area contributed by atoms with Crippen LogP contribution in [0.15, 0.2) is 24.4 Å². The molecule has 13 heteroatoms. The molecule has 0 bridgehead atoms. The Balaban J connectivity index is 1.58. The van der Waals surface area contributed by atoms with Crippen molar-refractivity contribution in [2.75, 3.05) is 0 Å². The average Bonchev–Trinajstić information content (AvgIpc) is 3.40. The molecular formula is C25H25Cl2F4N3O4. The summed E-state index contributed by atoms with van der Waals surface area (Å²) in [5.74, 6) is -2.90. The molecule has 1 heterocycles. The zero-order valence-corrected chi connectivity index (χ0v) is 21.8. The Bertz CT molecular complexity index is 1250. The third-order valence-corrected chi connectivity index (χ3v) is 8.15. The summed E-state index contributed by atoms with van der Waals surface area (Å²) in [5.41, 5.74) is -5.18. The summed E-state index contributed by atoms with van der Waals surface area (Å²) in [6, 6.07) is 2.18. The van der Waals surface area contributed by atoms with E-state index in [9.17, 15) is 32.7 Å². The van der Waals surface area contributed by atoms with E-state index in [0.29, 0.717) is 4.68 Å². The molecule has 206 valence electrons. The first kappa shape index (κ1) is 28.4. The number of nitrogens with zero attached hydrogens (tertiary/aromatic N) is 2. The van der Waals surface area contributed by atoms with Crippen LogP contribution in [0.1, 0.15) is 84.3 Å². The maximum Gasteiger partial charge on any atom is 0.433 e. The van der Waals surface area contributed by atoms with Crippen LogP contribution in [0.2, 0.25) is 10.0 Å². The first-order valence-electron chi connectivity index (χ1n) is 12.0. The van der Waals surface area contributed by atoms with Crippen LogP contribution in [0, 0.1) is 5.41 Å². The lowest BCUT2D eigenvalue weighted by Crippen LogP contribution is -2.44. The van der Waals surface area contributed by atoms with E-state index >= 15 is 4.39 Å². The predicted molar refractivity (Wildman–Crippen MR) is 130 cm³/mol. The number of carboxylic acid groups (broad SMARTS) is 1. The molecule has 2 aliphatic rings. The maximum atomic E-state index is 15.2. The van der Waals surface area contributed by atoms with E-state index in [1.807, 2.05) is 0 Å². The Morgan fingerprint density at radius 1 is 1.16 bits per heavy atom. The van der Waals surface area contributed by atoms with Crippen LogP contribution in [-0.2, 0) is 11.0 Å². The number of carbonyl (C=O) groups is 3. The highest BCUT2D eigenvalue weighted by molar-refractivity contribution is 6.39. The summed E-state index contributed by atoms with van der Waals surface area (Å²) < 4.78 is 58.3. The molecule has 2 aliphatic carbocycles. The van der Waals surface area contributed by atoms with Gasteiger partial charge in [0.1, 0.15) is 5.67 Å².